The second kappa shape index (κ2) is 6.32. The van der Waals surface area contributed by atoms with Crippen LogP contribution in [0.3, 0.4) is 0 Å². The van der Waals surface area contributed by atoms with Gasteiger partial charge in [-0.1, -0.05) is 0 Å². The topological polar surface area (TPSA) is 104 Å². The molecule has 2 saturated heterocycles. The fourth-order valence-electron chi connectivity index (χ4n) is 3.06. The number of rotatable bonds is 5. The second-order valence-electron chi connectivity index (χ2n) is 6.26. The molecular weight excluding hydrogens is 318 g/mol. The van der Waals surface area contributed by atoms with E-state index in [9.17, 15) is 9.90 Å². The van der Waals surface area contributed by atoms with Crippen molar-refractivity contribution < 1.29 is 28.8 Å². The number of hydrogen-bond acceptors (Lipinski definition) is 8. The van der Waals surface area contributed by atoms with Crippen LogP contribution in [-0.4, -0.2) is 64.2 Å². The molecule has 0 bridgehead atoms. The van der Waals surface area contributed by atoms with E-state index in [0.29, 0.717) is 11.5 Å². The average molecular weight is 341 g/mol. The SMILES string of the molecule is CCOC(=O)c1c([14NH][C@@H]2O[C@H](CO)[C@H]3OC(C)(C)O[C@H]32)ncn1C. The second-order valence-corrected chi connectivity index (χ2v) is 6.26. The molecule has 9 nitrogen and oxygen atoms in total. The van der Waals surface area contributed by atoms with Gasteiger partial charge in [0, 0.05) is 7.05 Å². The highest BCUT2D eigenvalue weighted by Crippen LogP contribution is 2.38. The molecule has 2 N–H and O–H groups in total. The van der Waals surface area contributed by atoms with Crippen molar-refractivity contribution >= 4 is 11.8 Å². The van der Waals surface area contributed by atoms with Crippen LogP contribution < -0.4 is 5.32 Å². The largest absolute Gasteiger partial charge is 0.461 e. The predicted molar refractivity (Wildman–Crippen MR) is 82.4 cm³/mol. The van der Waals surface area contributed by atoms with Crippen LogP contribution in [0.4, 0.5) is 5.82 Å². The molecule has 0 saturated carbocycles. The van der Waals surface area contributed by atoms with Gasteiger partial charge in [0.25, 0.3) is 0 Å². The number of fused-ring (bicyclic) bond motifs is 1. The summed E-state index contributed by atoms with van der Waals surface area (Å²) in [6, 6.07) is 0. The van der Waals surface area contributed by atoms with E-state index in [1.54, 1.807) is 18.5 Å². The van der Waals surface area contributed by atoms with Gasteiger partial charge in [-0.3, -0.25) is 0 Å². The third-order valence-corrected chi connectivity index (χ3v) is 4.01. The Morgan fingerprint density at radius 1 is 1.46 bits per heavy atom. The Morgan fingerprint density at radius 3 is 2.83 bits per heavy atom. The number of carbonyl (C=O) groups excluding carboxylic acids is 1. The number of aromatic nitrogens is 2. The average Bonchev–Trinajstić information content (AvgIpc) is 3.12. The lowest BCUT2D eigenvalue weighted by atomic mass is 10.1. The predicted octanol–water partition coefficient (Wildman–Crippen LogP) is 0.246. The van der Waals surface area contributed by atoms with Crippen molar-refractivity contribution in [2.75, 3.05) is 18.5 Å². The van der Waals surface area contributed by atoms with Gasteiger partial charge in [0.1, 0.15) is 18.3 Å². The zero-order chi connectivity index (χ0) is 17.5. The molecule has 24 heavy (non-hydrogen) atoms. The van der Waals surface area contributed by atoms with Crippen molar-refractivity contribution in [1.29, 1.82) is 0 Å². The van der Waals surface area contributed by atoms with Gasteiger partial charge in [-0.25, -0.2) is 9.78 Å². The minimum Gasteiger partial charge on any atom is -0.461 e. The zero-order valence-electron chi connectivity index (χ0n) is 14.2. The number of nitrogens with one attached hydrogen (secondary N) is 1. The van der Waals surface area contributed by atoms with E-state index in [2.05, 4.69) is 10.3 Å². The number of anilines is 1. The Labute approximate surface area is 139 Å². The highest BCUT2D eigenvalue weighted by atomic mass is 16.8. The van der Waals surface area contributed by atoms with Crippen LogP contribution in [0.25, 0.3) is 0 Å². The van der Waals surface area contributed by atoms with Crippen LogP contribution in [-0.2, 0) is 26.0 Å². The molecule has 2 fully saturated rings. The monoisotopic (exact) mass is 341 g/mol. The summed E-state index contributed by atoms with van der Waals surface area (Å²) >= 11 is 0. The summed E-state index contributed by atoms with van der Waals surface area (Å²) in [6.07, 6.45) is -0.409. The van der Waals surface area contributed by atoms with Crippen LogP contribution in [0.15, 0.2) is 6.33 Å². The molecule has 1 aromatic heterocycles. The molecule has 3 heterocycles. The number of nitrogens with zero attached hydrogens (tertiary/aromatic N) is 2. The van der Waals surface area contributed by atoms with E-state index >= 15 is 0 Å². The number of aliphatic hydroxyl groups is 1. The van der Waals surface area contributed by atoms with Crippen molar-refractivity contribution in [2.24, 2.45) is 7.05 Å². The Morgan fingerprint density at radius 2 is 2.17 bits per heavy atom. The molecule has 2 aliphatic heterocycles. The number of imidazole rings is 1. The summed E-state index contributed by atoms with van der Waals surface area (Å²) in [5.41, 5.74) is 0.294. The summed E-state index contributed by atoms with van der Waals surface area (Å²) in [5, 5.41) is 12.6. The number of aliphatic hydroxyl groups excluding tert-OH is 1. The van der Waals surface area contributed by atoms with Gasteiger partial charge in [-0.15, -0.1) is 0 Å². The van der Waals surface area contributed by atoms with Gasteiger partial charge in [-0.05, 0) is 20.8 Å². The van der Waals surface area contributed by atoms with E-state index in [0.717, 1.165) is 0 Å². The third-order valence-electron chi connectivity index (χ3n) is 4.01. The molecule has 4 atom stereocenters. The molecule has 3 rings (SSSR count). The molecule has 0 spiro atoms. The maximum absolute atomic E-state index is 12.1. The van der Waals surface area contributed by atoms with Crippen LogP contribution >= 0.6 is 0 Å². The Hall–Kier alpha value is -1.68. The standard InChI is InChI=1S/C15H23N3O6/c1-5-21-14(20)9-12(16-7-18(9)4)17-13-11-10(8(6-19)22-13)23-15(2,3)24-11/h7-8,10-11,13,17,19H,5-6H2,1-4H3/t8-,10-,11-,13-/m1/s1/i17+0. The van der Waals surface area contributed by atoms with E-state index in [4.69, 9.17) is 18.9 Å². The van der Waals surface area contributed by atoms with Crippen molar-refractivity contribution in [3.63, 3.8) is 0 Å². The lowest BCUT2D eigenvalue weighted by molar-refractivity contribution is -0.187. The highest BCUT2D eigenvalue weighted by Gasteiger charge is 2.55. The Kier molecular flexibility index (Phi) is 4.52. The quantitative estimate of drug-likeness (QED) is 0.734. The highest BCUT2D eigenvalue weighted by molar-refractivity contribution is 5.93. The Balaban J connectivity index is 1.80. The molecule has 0 amide bonds. The number of esters is 1. The molecule has 134 valence electrons. The van der Waals surface area contributed by atoms with Gasteiger partial charge < -0.3 is 33.9 Å². The zero-order valence-corrected chi connectivity index (χ0v) is 14.2. The lowest BCUT2D eigenvalue weighted by Crippen LogP contribution is -2.35. The maximum Gasteiger partial charge on any atom is 0.358 e. The Bertz CT molecular complexity index is 616. The summed E-state index contributed by atoms with van der Waals surface area (Å²) in [4.78, 5) is 16.3. The van der Waals surface area contributed by atoms with E-state index in [1.807, 2.05) is 13.8 Å². The molecule has 0 radical (unpaired) electrons. The minimum absolute atomic E-state index is 0.189. The summed E-state index contributed by atoms with van der Waals surface area (Å²) < 4.78 is 24.1. The molecule has 9 heteroatoms. The molecule has 0 unspecified atom stereocenters. The first-order valence-corrected chi connectivity index (χ1v) is 7.93. The van der Waals surface area contributed by atoms with Crippen molar-refractivity contribution in [3.8, 4) is 0 Å². The normalized spacial score (nSPS) is 31.0. The fraction of sp³-hybridized carbons (Fsp3) is 0.733. The minimum atomic E-state index is -0.763. The summed E-state index contributed by atoms with van der Waals surface area (Å²) in [6.45, 7) is 5.43. The van der Waals surface area contributed by atoms with E-state index in [-0.39, 0.29) is 13.2 Å². The number of aryl methyl sites for hydroxylation is 1. The van der Waals surface area contributed by atoms with Crippen LogP contribution in [0.1, 0.15) is 31.3 Å². The molecule has 1 aromatic rings. The van der Waals surface area contributed by atoms with Gasteiger partial charge in [0.15, 0.2) is 23.5 Å². The fourth-order valence-corrected chi connectivity index (χ4v) is 3.06. The van der Waals surface area contributed by atoms with Gasteiger partial charge in [0.2, 0.25) is 0 Å². The van der Waals surface area contributed by atoms with Crippen molar-refractivity contribution in [2.45, 2.75) is 51.1 Å². The molecular formula is C15H23N3O6. The summed E-state index contributed by atoms with van der Waals surface area (Å²) in [5.74, 6) is -0.899. The third kappa shape index (κ3) is 3.00. The van der Waals surface area contributed by atoms with Gasteiger partial charge >= 0.3 is 5.97 Å². The summed E-state index contributed by atoms with van der Waals surface area (Å²) in [7, 11) is 1.71. The lowest BCUT2D eigenvalue weighted by Gasteiger charge is -2.24. The first kappa shape index (κ1) is 17.2. The molecule has 0 aliphatic carbocycles. The number of ether oxygens (including phenoxy) is 4. The van der Waals surface area contributed by atoms with Crippen LogP contribution in [0.2, 0.25) is 0 Å². The molecule has 2 aliphatic rings. The number of carbonyl (C=O) groups is 1. The van der Waals surface area contributed by atoms with Crippen molar-refractivity contribution in [1.82, 2.24) is 9.55 Å². The van der Waals surface area contributed by atoms with Crippen LogP contribution in [0.5, 0.6) is 0 Å². The van der Waals surface area contributed by atoms with Crippen LogP contribution in [0, 0.1) is 0 Å². The number of hydrogen-bond donors (Lipinski definition) is 2. The maximum atomic E-state index is 12.1. The molecule has 0 aromatic carbocycles. The van der Waals surface area contributed by atoms with Gasteiger partial charge in [0.05, 0.1) is 19.5 Å². The first-order valence-electron chi connectivity index (χ1n) is 7.93. The van der Waals surface area contributed by atoms with Gasteiger partial charge in [-0.2, -0.15) is 0 Å². The first-order chi connectivity index (χ1) is 11.4. The van der Waals surface area contributed by atoms with E-state index < -0.39 is 36.3 Å². The smallest absolute Gasteiger partial charge is 0.358 e. The van der Waals surface area contributed by atoms with E-state index in [1.165, 1.54) is 6.33 Å². The van der Waals surface area contributed by atoms with Crippen molar-refractivity contribution in [3.05, 3.63) is 12.0 Å².